The minimum Gasteiger partial charge on any atom is -0.294 e. The molecule has 0 spiro atoms. The number of likely N-dealkylation sites (tertiary alicyclic amines) is 1. The fraction of sp³-hybridized carbons (Fsp3) is 1.00. The number of rotatable bonds is 2. The van der Waals surface area contributed by atoms with Crippen LogP contribution in [0, 0.1) is 5.92 Å². The zero-order chi connectivity index (χ0) is 7.40. The van der Waals surface area contributed by atoms with Gasteiger partial charge in [0.05, 0.1) is 4.55 Å². The molecular weight excluding hydrogens is 237 g/mol. The first-order chi connectivity index (χ1) is 4.86. The Bertz CT molecular complexity index is 75.3. The maximum Gasteiger partial charge on any atom is 0.0505 e. The highest BCUT2D eigenvalue weighted by atomic mass is 127. The highest BCUT2D eigenvalue weighted by molar-refractivity contribution is 14.1. The van der Waals surface area contributed by atoms with Crippen LogP contribution in [0.25, 0.3) is 0 Å². The molecule has 0 aromatic heterocycles. The van der Waals surface area contributed by atoms with Gasteiger partial charge in [0.15, 0.2) is 0 Å². The number of hydrogen-bond acceptors (Lipinski definition) is 1. The number of halogens is 1. The van der Waals surface area contributed by atoms with Gasteiger partial charge in [-0.2, -0.15) is 0 Å². The summed E-state index contributed by atoms with van der Waals surface area (Å²) in [7, 11) is 0. The fourth-order valence-corrected chi connectivity index (χ4v) is 2.20. The van der Waals surface area contributed by atoms with Crippen LogP contribution < -0.4 is 0 Å². The molecule has 1 fully saturated rings. The lowest BCUT2D eigenvalue weighted by Gasteiger charge is -2.29. The molecule has 0 saturated carbocycles. The summed E-state index contributed by atoms with van der Waals surface area (Å²) in [6, 6.07) is 0. The second-order valence-electron chi connectivity index (χ2n) is 3.09. The van der Waals surface area contributed by atoms with Crippen molar-refractivity contribution in [1.29, 1.82) is 0 Å². The lowest BCUT2D eigenvalue weighted by Crippen LogP contribution is -2.32. The molecule has 0 aliphatic carbocycles. The summed E-state index contributed by atoms with van der Waals surface area (Å²) in [4.78, 5) is 2.53. The van der Waals surface area contributed by atoms with Gasteiger partial charge in [-0.05, 0) is 31.8 Å². The monoisotopic (exact) mass is 253 g/mol. The molecule has 1 saturated heterocycles. The summed E-state index contributed by atoms with van der Waals surface area (Å²) >= 11 is 2.45. The van der Waals surface area contributed by atoms with E-state index >= 15 is 0 Å². The van der Waals surface area contributed by atoms with Crippen molar-refractivity contribution in [3.63, 3.8) is 0 Å². The van der Waals surface area contributed by atoms with Crippen molar-refractivity contribution in [3.05, 3.63) is 0 Å². The third-order valence-electron chi connectivity index (χ3n) is 2.45. The van der Waals surface area contributed by atoms with Crippen LogP contribution in [0.3, 0.4) is 0 Å². The van der Waals surface area contributed by atoms with Crippen molar-refractivity contribution in [2.24, 2.45) is 5.92 Å². The van der Waals surface area contributed by atoms with Crippen LogP contribution >= 0.6 is 22.6 Å². The van der Waals surface area contributed by atoms with Gasteiger partial charge in [0.25, 0.3) is 0 Å². The molecule has 1 aliphatic rings. The summed E-state index contributed by atoms with van der Waals surface area (Å²) < 4.78 is 1.22. The first-order valence-corrected chi connectivity index (χ1v) is 5.67. The SMILES string of the molecule is CCC1CCN(CI)CC1. The Morgan fingerprint density at radius 1 is 1.40 bits per heavy atom. The molecule has 0 aromatic rings. The van der Waals surface area contributed by atoms with E-state index < -0.39 is 0 Å². The Morgan fingerprint density at radius 2 is 2.00 bits per heavy atom. The largest absolute Gasteiger partial charge is 0.294 e. The topological polar surface area (TPSA) is 3.24 Å². The Labute approximate surface area is 77.3 Å². The molecule has 0 radical (unpaired) electrons. The Hall–Kier alpha value is 0.690. The molecule has 1 nitrogen and oxygen atoms in total. The third kappa shape index (κ3) is 2.38. The average Bonchev–Trinajstić information content (AvgIpc) is 2.05. The second-order valence-corrected chi connectivity index (χ2v) is 3.77. The van der Waals surface area contributed by atoms with Crippen molar-refractivity contribution < 1.29 is 0 Å². The number of alkyl halides is 1. The van der Waals surface area contributed by atoms with Gasteiger partial charge in [-0.25, -0.2) is 0 Å². The Morgan fingerprint density at radius 3 is 2.40 bits per heavy atom. The van der Waals surface area contributed by atoms with Gasteiger partial charge < -0.3 is 0 Å². The summed E-state index contributed by atoms with van der Waals surface area (Å²) in [6.45, 7) is 4.98. The normalized spacial score (nSPS) is 23.4. The first-order valence-electron chi connectivity index (χ1n) is 4.15. The Kier molecular flexibility index (Phi) is 3.99. The molecule has 10 heavy (non-hydrogen) atoms. The molecule has 0 amide bonds. The minimum absolute atomic E-state index is 1.03. The van der Waals surface area contributed by atoms with E-state index in [1.54, 1.807) is 0 Å². The lowest BCUT2D eigenvalue weighted by atomic mass is 9.95. The maximum atomic E-state index is 2.53. The van der Waals surface area contributed by atoms with Crippen LogP contribution in [0.15, 0.2) is 0 Å². The highest BCUT2D eigenvalue weighted by Gasteiger charge is 2.15. The van der Waals surface area contributed by atoms with E-state index in [9.17, 15) is 0 Å². The third-order valence-corrected chi connectivity index (χ3v) is 3.42. The molecular formula is C8H16IN. The molecule has 1 heterocycles. The first kappa shape index (κ1) is 8.78. The van der Waals surface area contributed by atoms with E-state index in [4.69, 9.17) is 0 Å². The van der Waals surface area contributed by atoms with Crippen molar-refractivity contribution in [3.8, 4) is 0 Å². The summed E-state index contributed by atoms with van der Waals surface area (Å²) in [5.41, 5.74) is 0. The predicted molar refractivity (Wildman–Crippen MR) is 53.5 cm³/mol. The summed E-state index contributed by atoms with van der Waals surface area (Å²) in [6.07, 6.45) is 4.24. The van der Waals surface area contributed by atoms with Crippen LogP contribution in [0.4, 0.5) is 0 Å². The van der Waals surface area contributed by atoms with Crippen molar-refractivity contribution in [2.45, 2.75) is 26.2 Å². The molecule has 1 aliphatic heterocycles. The smallest absolute Gasteiger partial charge is 0.0505 e. The van der Waals surface area contributed by atoms with Gasteiger partial charge >= 0.3 is 0 Å². The van der Waals surface area contributed by atoms with E-state index in [0.29, 0.717) is 0 Å². The fourth-order valence-electron chi connectivity index (χ4n) is 1.51. The van der Waals surface area contributed by atoms with E-state index in [-0.39, 0.29) is 0 Å². The molecule has 0 aromatic carbocycles. The zero-order valence-corrected chi connectivity index (χ0v) is 8.80. The van der Waals surface area contributed by atoms with E-state index in [1.165, 1.54) is 36.9 Å². The van der Waals surface area contributed by atoms with Crippen LogP contribution in [0.2, 0.25) is 0 Å². The number of hydrogen-bond donors (Lipinski definition) is 0. The summed E-state index contributed by atoms with van der Waals surface area (Å²) in [5, 5.41) is 0. The molecule has 0 unspecified atom stereocenters. The van der Waals surface area contributed by atoms with Gasteiger partial charge in [-0.3, -0.25) is 4.90 Å². The van der Waals surface area contributed by atoms with Gasteiger partial charge in [-0.15, -0.1) is 0 Å². The highest BCUT2D eigenvalue weighted by Crippen LogP contribution is 2.19. The van der Waals surface area contributed by atoms with Crippen LogP contribution in [0.5, 0.6) is 0 Å². The second kappa shape index (κ2) is 4.54. The molecule has 0 bridgehead atoms. The van der Waals surface area contributed by atoms with E-state index in [0.717, 1.165) is 5.92 Å². The quantitative estimate of drug-likeness (QED) is 0.415. The zero-order valence-electron chi connectivity index (χ0n) is 6.65. The maximum absolute atomic E-state index is 2.53. The van der Waals surface area contributed by atoms with Crippen molar-refractivity contribution >= 4 is 22.6 Å². The minimum atomic E-state index is 1.03. The van der Waals surface area contributed by atoms with Crippen molar-refractivity contribution in [1.82, 2.24) is 4.90 Å². The van der Waals surface area contributed by atoms with E-state index in [1.807, 2.05) is 0 Å². The van der Waals surface area contributed by atoms with Gasteiger partial charge in [0.2, 0.25) is 0 Å². The van der Waals surface area contributed by atoms with E-state index in [2.05, 4.69) is 34.4 Å². The van der Waals surface area contributed by atoms with Crippen LogP contribution in [-0.2, 0) is 0 Å². The molecule has 2 heteroatoms. The summed E-state index contributed by atoms with van der Waals surface area (Å²) in [5.74, 6) is 1.03. The van der Waals surface area contributed by atoms with Crippen LogP contribution in [-0.4, -0.2) is 22.5 Å². The van der Waals surface area contributed by atoms with Gasteiger partial charge in [-0.1, -0.05) is 35.9 Å². The predicted octanol–water partition coefficient (Wildman–Crippen LogP) is 2.50. The Balaban J connectivity index is 2.17. The molecule has 60 valence electrons. The molecule has 1 rings (SSSR count). The molecule has 0 atom stereocenters. The molecule has 0 N–H and O–H groups in total. The average molecular weight is 253 g/mol. The number of piperidine rings is 1. The van der Waals surface area contributed by atoms with Crippen LogP contribution in [0.1, 0.15) is 26.2 Å². The standard InChI is InChI=1S/C8H16IN/c1-2-8-3-5-10(7-9)6-4-8/h8H,2-7H2,1H3. The van der Waals surface area contributed by atoms with Crippen molar-refractivity contribution in [2.75, 3.05) is 17.6 Å². The van der Waals surface area contributed by atoms with Gasteiger partial charge in [0.1, 0.15) is 0 Å². The number of nitrogens with zero attached hydrogens (tertiary/aromatic N) is 1. The lowest BCUT2D eigenvalue weighted by molar-refractivity contribution is 0.212. The van der Waals surface area contributed by atoms with Gasteiger partial charge in [0, 0.05) is 0 Å².